The van der Waals surface area contributed by atoms with E-state index in [1.807, 2.05) is 0 Å². The molecule has 4 heteroatoms. The zero-order valence-corrected chi connectivity index (χ0v) is 11.2. The minimum absolute atomic E-state index is 0. The van der Waals surface area contributed by atoms with Crippen molar-refractivity contribution in [2.75, 3.05) is 19.6 Å². The Bertz CT molecular complexity index is 297. The summed E-state index contributed by atoms with van der Waals surface area (Å²) in [5, 5.41) is 0. The number of hydrogen-bond donors (Lipinski definition) is 1. The van der Waals surface area contributed by atoms with Crippen LogP contribution in [0.4, 0.5) is 0 Å². The van der Waals surface area contributed by atoms with E-state index in [-0.39, 0.29) is 24.8 Å². The largest absolute Gasteiger partial charge is 0.330 e. The van der Waals surface area contributed by atoms with Gasteiger partial charge in [-0.05, 0) is 5.56 Å². The molecule has 1 aromatic carbocycles. The number of likely N-dealkylation sites (tertiary alicyclic amines) is 1. The van der Waals surface area contributed by atoms with Crippen LogP contribution in [-0.2, 0) is 6.54 Å². The first-order chi connectivity index (χ1) is 6.72. The Labute approximate surface area is 110 Å². The van der Waals surface area contributed by atoms with Gasteiger partial charge in [0.25, 0.3) is 0 Å². The van der Waals surface area contributed by atoms with E-state index in [0.29, 0.717) is 5.41 Å². The quantitative estimate of drug-likeness (QED) is 0.906. The van der Waals surface area contributed by atoms with Crippen LogP contribution in [0.25, 0.3) is 0 Å². The molecule has 1 aromatic rings. The summed E-state index contributed by atoms with van der Waals surface area (Å²) in [6.07, 6.45) is 0. The highest BCUT2D eigenvalue weighted by molar-refractivity contribution is 5.85. The van der Waals surface area contributed by atoms with Crippen molar-refractivity contribution < 1.29 is 0 Å². The van der Waals surface area contributed by atoms with E-state index in [9.17, 15) is 0 Å². The number of hydrogen-bond acceptors (Lipinski definition) is 2. The van der Waals surface area contributed by atoms with Crippen molar-refractivity contribution in [3.63, 3.8) is 0 Å². The van der Waals surface area contributed by atoms with Crippen LogP contribution in [0.1, 0.15) is 12.5 Å². The summed E-state index contributed by atoms with van der Waals surface area (Å²) in [5.74, 6) is 0. The Balaban J connectivity index is 0.00000112. The molecule has 2 nitrogen and oxygen atoms in total. The summed E-state index contributed by atoms with van der Waals surface area (Å²) >= 11 is 0. The van der Waals surface area contributed by atoms with Gasteiger partial charge >= 0.3 is 0 Å². The third-order valence-electron chi connectivity index (χ3n) is 2.95. The maximum atomic E-state index is 5.70. The minimum atomic E-state index is 0. The van der Waals surface area contributed by atoms with Crippen molar-refractivity contribution in [2.45, 2.75) is 13.5 Å². The predicted molar refractivity (Wildman–Crippen MR) is 73.4 cm³/mol. The summed E-state index contributed by atoms with van der Waals surface area (Å²) in [7, 11) is 0. The van der Waals surface area contributed by atoms with Crippen LogP contribution in [-0.4, -0.2) is 24.5 Å². The summed E-state index contributed by atoms with van der Waals surface area (Å²) in [6, 6.07) is 10.6. The van der Waals surface area contributed by atoms with Crippen molar-refractivity contribution in [1.82, 2.24) is 4.90 Å². The summed E-state index contributed by atoms with van der Waals surface area (Å²) in [4.78, 5) is 2.45. The van der Waals surface area contributed by atoms with Crippen LogP contribution in [0.5, 0.6) is 0 Å². The topological polar surface area (TPSA) is 29.3 Å². The second-order valence-electron chi connectivity index (χ2n) is 4.65. The molecule has 0 saturated carbocycles. The Morgan fingerprint density at radius 1 is 1.19 bits per heavy atom. The van der Waals surface area contributed by atoms with E-state index in [1.165, 1.54) is 5.56 Å². The summed E-state index contributed by atoms with van der Waals surface area (Å²) < 4.78 is 0. The van der Waals surface area contributed by atoms with E-state index in [4.69, 9.17) is 5.73 Å². The molecular weight excluding hydrogens is 243 g/mol. The fourth-order valence-corrected chi connectivity index (χ4v) is 2.12. The van der Waals surface area contributed by atoms with Gasteiger partial charge < -0.3 is 5.73 Å². The summed E-state index contributed by atoms with van der Waals surface area (Å²) in [5.41, 5.74) is 7.46. The summed E-state index contributed by atoms with van der Waals surface area (Å²) in [6.45, 7) is 6.40. The molecule has 16 heavy (non-hydrogen) atoms. The van der Waals surface area contributed by atoms with Gasteiger partial charge in [-0.3, -0.25) is 4.90 Å². The first-order valence-electron chi connectivity index (χ1n) is 5.18. The maximum Gasteiger partial charge on any atom is 0.0234 e. The Kier molecular flexibility index (Phi) is 6.34. The average Bonchev–Trinajstić information content (AvgIpc) is 2.17. The van der Waals surface area contributed by atoms with Crippen LogP contribution in [0.2, 0.25) is 0 Å². The van der Waals surface area contributed by atoms with Gasteiger partial charge in [-0.25, -0.2) is 0 Å². The van der Waals surface area contributed by atoms with Gasteiger partial charge in [-0.1, -0.05) is 37.3 Å². The average molecular weight is 263 g/mol. The SMILES string of the molecule is CC1(CN)CN(Cc2ccccc2)C1.Cl.Cl. The Hall–Kier alpha value is -0.280. The lowest BCUT2D eigenvalue weighted by molar-refractivity contribution is 0.0163. The van der Waals surface area contributed by atoms with E-state index < -0.39 is 0 Å². The maximum absolute atomic E-state index is 5.70. The van der Waals surface area contributed by atoms with Crippen molar-refractivity contribution >= 4 is 24.8 Å². The molecule has 0 aliphatic carbocycles. The number of rotatable bonds is 3. The zero-order chi connectivity index (χ0) is 10.0. The van der Waals surface area contributed by atoms with Gasteiger partial charge in [0.15, 0.2) is 0 Å². The third kappa shape index (κ3) is 3.63. The molecule has 0 aromatic heterocycles. The van der Waals surface area contributed by atoms with Gasteiger partial charge in [0.05, 0.1) is 0 Å². The molecule has 0 amide bonds. The molecule has 1 fully saturated rings. The van der Waals surface area contributed by atoms with Gasteiger partial charge in [-0.2, -0.15) is 0 Å². The molecule has 0 unspecified atom stereocenters. The van der Waals surface area contributed by atoms with Crippen LogP contribution < -0.4 is 5.73 Å². The van der Waals surface area contributed by atoms with Crippen LogP contribution in [0.3, 0.4) is 0 Å². The highest BCUT2D eigenvalue weighted by Gasteiger charge is 2.36. The monoisotopic (exact) mass is 262 g/mol. The smallest absolute Gasteiger partial charge is 0.0234 e. The predicted octanol–water partition coefficient (Wildman–Crippen LogP) is 2.31. The van der Waals surface area contributed by atoms with E-state index in [1.54, 1.807) is 0 Å². The standard InChI is InChI=1S/C12H18N2.2ClH/c1-12(8-13)9-14(10-12)7-11-5-3-2-4-6-11;;/h2-6H,7-10,13H2,1H3;2*1H. The lowest BCUT2D eigenvalue weighted by atomic mass is 9.82. The fraction of sp³-hybridized carbons (Fsp3) is 0.500. The molecule has 1 aliphatic heterocycles. The van der Waals surface area contributed by atoms with Crippen molar-refractivity contribution in [3.8, 4) is 0 Å². The van der Waals surface area contributed by atoms with Crippen LogP contribution in [0, 0.1) is 5.41 Å². The van der Waals surface area contributed by atoms with E-state index >= 15 is 0 Å². The number of nitrogens with two attached hydrogens (primary N) is 1. The van der Waals surface area contributed by atoms with Crippen molar-refractivity contribution in [2.24, 2.45) is 11.1 Å². The molecule has 1 aliphatic rings. The molecule has 0 radical (unpaired) electrons. The van der Waals surface area contributed by atoms with Gasteiger partial charge in [-0.15, -0.1) is 24.8 Å². The zero-order valence-electron chi connectivity index (χ0n) is 9.56. The number of benzene rings is 1. The second kappa shape index (κ2) is 6.45. The molecule has 0 bridgehead atoms. The highest BCUT2D eigenvalue weighted by Crippen LogP contribution is 2.29. The van der Waals surface area contributed by atoms with Gasteiger partial charge in [0, 0.05) is 31.6 Å². The molecule has 2 rings (SSSR count). The molecule has 1 heterocycles. The van der Waals surface area contributed by atoms with Crippen LogP contribution >= 0.6 is 24.8 Å². The Morgan fingerprint density at radius 3 is 2.25 bits per heavy atom. The van der Waals surface area contributed by atoms with Gasteiger partial charge in [0.2, 0.25) is 0 Å². The molecule has 1 saturated heterocycles. The first-order valence-corrected chi connectivity index (χ1v) is 5.18. The van der Waals surface area contributed by atoms with Crippen molar-refractivity contribution in [1.29, 1.82) is 0 Å². The molecule has 0 atom stereocenters. The lowest BCUT2D eigenvalue weighted by Crippen LogP contribution is -2.57. The third-order valence-corrected chi connectivity index (χ3v) is 2.95. The molecule has 2 N–H and O–H groups in total. The molecule has 92 valence electrons. The van der Waals surface area contributed by atoms with Gasteiger partial charge in [0.1, 0.15) is 0 Å². The van der Waals surface area contributed by atoms with E-state index in [0.717, 1.165) is 26.2 Å². The fourth-order valence-electron chi connectivity index (χ4n) is 2.12. The van der Waals surface area contributed by atoms with Crippen LogP contribution in [0.15, 0.2) is 30.3 Å². The molecular formula is C12H20Cl2N2. The molecule has 0 spiro atoms. The second-order valence-corrected chi connectivity index (χ2v) is 4.65. The van der Waals surface area contributed by atoms with E-state index in [2.05, 4.69) is 42.2 Å². The normalized spacial score (nSPS) is 17.9. The Morgan fingerprint density at radius 2 is 1.75 bits per heavy atom. The number of nitrogens with zero attached hydrogens (tertiary/aromatic N) is 1. The van der Waals surface area contributed by atoms with Crippen molar-refractivity contribution in [3.05, 3.63) is 35.9 Å². The minimum Gasteiger partial charge on any atom is -0.330 e. The highest BCUT2D eigenvalue weighted by atomic mass is 35.5. The lowest BCUT2D eigenvalue weighted by Gasteiger charge is -2.47. The number of halogens is 2. The first kappa shape index (κ1) is 15.7.